The van der Waals surface area contributed by atoms with Crippen molar-refractivity contribution in [1.29, 1.82) is 0 Å². The predicted octanol–water partition coefficient (Wildman–Crippen LogP) is 18.7. The minimum atomic E-state index is -4.02. The van der Waals surface area contributed by atoms with Gasteiger partial charge in [0, 0.05) is 136 Å². The number of aliphatic hydroxyl groups is 1. The van der Waals surface area contributed by atoms with Gasteiger partial charge in [-0.25, -0.2) is 0 Å². The molecule has 9 aromatic carbocycles. The van der Waals surface area contributed by atoms with Crippen LogP contribution in [-0.2, 0) is 55.0 Å². The average molecular weight is 1670 g/mol. The minimum Gasteiger partial charge on any atom is -0.397 e. The molecular weight excluding hydrogens is 1570 g/mol. The Bertz CT molecular complexity index is 4640. The fourth-order valence-corrected chi connectivity index (χ4v) is 12.5. The SMILES string of the molecule is CCO.CCl.Cc1ccc(S(=O)(=O)O)cc1.Cc1ccc([C@@H](CN)C(=O)Cc2ccc3cnccc3c2)cc1.Cc1ccc([C@@H](CN)C(=O)Cc2ccc3cnccc3c2)cc1.Cc1ccc([C@@H](CN)C(=O)Cc2ccc3cnccc3c2)cc1.Cc1ccc([C@@H](CN)C(=O)Cc2ccc3cnccc3c2)cc1.ClCCl.ClCCl.N. The third-order valence-electron chi connectivity index (χ3n) is 18.1. The van der Waals surface area contributed by atoms with Crippen LogP contribution in [0.5, 0.6) is 0 Å². The number of Topliss-reactive ketones (excluding diaryl/α,β-unsaturated/α-hetero) is 4. The first-order valence-corrected chi connectivity index (χ1v) is 41.0. The Morgan fingerprint density at radius 2 is 0.522 bits per heavy atom. The number of fused-ring (bicyclic) bond motifs is 4. The van der Waals surface area contributed by atoms with E-state index in [2.05, 4.69) is 55.8 Å². The molecule has 0 saturated carbocycles. The van der Waals surface area contributed by atoms with Gasteiger partial charge in [-0.1, -0.05) is 210 Å². The monoisotopic (exact) mass is 1670 g/mol. The molecule has 0 aliphatic heterocycles. The van der Waals surface area contributed by atoms with Crippen LogP contribution in [0.2, 0.25) is 0 Å². The number of benzene rings is 9. The summed E-state index contributed by atoms with van der Waals surface area (Å²) in [6, 6.07) is 70.2. The minimum absolute atomic E-state index is 0. The second-order valence-electron chi connectivity index (χ2n) is 26.4. The molecule has 0 fully saturated rings. The number of hydrogen-bond acceptors (Lipinski definition) is 16. The highest BCUT2D eigenvalue weighted by Crippen LogP contribution is 2.27. The van der Waals surface area contributed by atoms with Crippen LogP contribution in [-0.4, -0.2) is 111 Å². The number of carbonyl (C=O) groups is 4. The molecule has 0 bridgehead atoms. The number of rotatable bonds is 21. The topological polar surface area (TPSA) is 334 Å². The number of halogens is 5. The summed E-state index contributed by atoms with van der Waals surface area (Å²) in [5.41, 5.74) is 37.1. The Kier molecular flexibility index (Phi) is 44.9. The molecule has 0 aliphatic rings. The van der Waals surface area contributed by atoms with Crippen LogP contribution >= 0.6 is 58.0 Å². The lowest BCUT2D eigenvalue weighted by molar-refractivity contribution is -0.120. The van der Waals surface area contributed by atoms with Crippen LogP contribution in [0.4, 0.5) is 0 Å². The Hall–Kier alpha value is -9.58. The Morgan fingerprint density at radius 3 is 0.696 bits per heavy atom. The van der Waals surface area contributed by atoms with E-state index in [4.69, 9.17) is 79.0 Å². The van der Waals surface area contributed by atoms with Gasteiger partial charge in [0.05, 0.1) is 39.2 Å². The molecule has 4 heterocycles. The molecule has 4 atom stereocenters. The van der Waals surface area contributed by atoms with E-state index in [-0.39, 0.29) is 75.1 Å². The lowest BCUT2D eigenvalue weighted by atomic mass is 9.90. The van der Waals surface area contributed by atoms with Crippen molar-refractivity contribution in [3.8, 4) is 0 Å². The number of hydrogen-bond donors (Lipinski definition) is 7. The van der Waals surface area contributed by atoms with E-state index < -0.39 is 10.1 Å². The molecule has 0 radical (unpaired) electrons. The summed E-state index contributed by atoms with van der Waals surface area (Å²) in [7, 11) is -4.02. The van der Waals surface area contributed by atoms with Crippen molar-refractivity contribution in [1.82, 2.24) is 26.1 Å². The number of nitrogens with zero attached hydrogens (tertiary/aromatic N) is 4. The normalized spacial score (nSPS) is 11.4. The van der Waals surface area contributed by atoms with Crippen molar-refractivity contribution in [2.75, 3.05) is 49.8 Å². The number of carbonyl (C=O) groups excluding carboxylic acids is 4. The van der Waals surface area contributed by atoms with Gasteiger partial charge in [-0.2, -0.15) is 8.42 Å². The van der Waals surface area contributed by atoms with Crippen molar-refractivity contribution >= 4 is 134 Å². The zero-order chi connectivity index (χ0) is 83.5. The van der Waals surface area contributed by atoms with Gasteiger partial charge in [0.2, 0.25) is 0 Å². The van der Waals surface area contributed by atoms with E-state index in [1.165, 1.54) is 40.8 Å². The summed E-state index contributed by atoms with van der Waals surface area (Å²) in [6.45, 7) is 13.2. The molecule has 0 saturated heterocycles. The lowest BCUT2D eigenvalue weighted by Gasteiger charge is -2.14. The van der Waals surface area contributed by atoms with Crippen molar-refractivity contribution in [2.24, 2.45) is 22.9 Å². The highest BCUT2D eigenvalue weighted by atomic mass is 35.5. The fraction of sp³-hybridized carbons (Fsp3) is 0.239. The number of aromatic nitrogens is 4. The third kappa shape index (κ3) is 32.9. The largest absolute Gasteiger partial charge is 0.397 e. The van der Waals surface area contributed by atoms with Crippen LogP contribution in [0.3, 0.4) is 0 Å². The molecular formula is C92H104Cl5N9O8S. The summed E-state index contributed by atoms with van der Waals surface area (Å²) < 4.78 is 29.6. The Balaban J connectivity index is 0.000000296. The molecule has 0 amide bonds. The number of ketones is 4. The van der Waals surface area contributed by atoms with E-state index in [1.54, 1.807) is 43.8 Å². The summed E-state index contributed by atoms with van der Waals surface area (Å²) in [4.78, 5) is 67.1. The average Bonchev–Trinajstić information content (AvgIpc) is 0.842. The van der Waals surface area contributed by atoms with E-state index in [9.17, 15) is 27.6 Å². The summed E-state index contributed by atoms with van der Waals surface area (Å²) in [5, 5.41) is 16.7. The standard InChI is InChI=1S/4C20H20N2O.C7H8O3S.C2H6O.2CH2Cl2.CH3Cl.H3N/c4*1-14-2-5-16(6-3-14)19(12-21)20(23)11-15-4-7-18-13-22-9-8-17(18)10-15;1-6-2-4-7(5-3-6)11(8,9)10;1-2-3;2*2-1-3;1-2;/h4*2-10,13,19H,11-12,21H2,1H3;2-5H,1H3,(H,8,9,10);3H,2H2,1H3;2*1H2;1H3;1H3/t4*19-;;;;;;/m1111....../s1. The molecule has 13 N–H and O–H groups in total. The van der Waals surface area contributed by atoms with Crippen LogP contribution in [0.25, 0.3) is 43.1 Å². The van der Waals surface area contributed by atoms with Gasteiger partial charge in [-0.3, -0.25) is 43.7 Å². The molecule has 115 heavy (non-hydrogen) atoms. The molecule has 13 rings (SSSR count). The number of alkyl halides is 5. The van der Waals surface area contributed by atoms with Crippen molar-refractivity contribution in [2.45, 2.75) is 95.8 Å². The second-order valence-corrected chi connectivity index (χ2v) is 29.4. The molecule has 23 heteroatoms. The molecule has 13 aromatic rings. The maximum atomic E-state index is 12.7. The highest BCUT2D eigenvalue weighted by molar-refractivity contribution is 7.85. The summed E-state index contributed by atoms with van der Waals surface area (Å²) >= 11 is 23.7. The maximum absolute atomic E-state index is 12.7. The zero-order valence-electron chi connectivity index (χ0n) is 65.9. The van der Waals surface area contributed by atoms with Crippen LogP contribution < -0.4 is 29.1 Å². The van der Waals surface area contributed by atoms with E-state index in [0.29, 0.717) is 51.9 Å². The zero-order valence-corrected chi connectivity index (χ0v) is 70.5. The van der Waals surface area contributed by atoms with Gasteiger partial charge < -0.3 is 34.2 Å². The van der Waals surface area contributed by atoms with Gasteiger partial charge in [0.1, 0.15) is 23.1 Å². The second kappa shape index (κ2) is 52.8. The Morgan fingerprint density at radius 1 is 0.339 bits per heavy atom. The van der Waals surface area contributed by atoms with Crippen molar-refractivity contribution in [3.63, 3.8) is 0 Å². The fourth-order valence-electron chi connectivity index (χ4n) is 12.0. The lowest BCUT2D eigenvalue weighted by Crippen LogP contribution is -2.23. The number of aliphatic hydroxyl groups excluding tert-OH is 1. The van der Waals surface area contributed by atoms with Gasteiger partial charge >= 0.3 is 0 Å². The molecule has 606 valence electrons. The molecule has 0 spiro atoms. The van der Waals surface area contributed by atoms with Gasteiger partial charge in [-0.05, 0) is 144 Å². The molecule has 4 aromatic heterocycles. The smallest absolute Gasteiger partial charge is 0.294 e. The third-order valence-corrected chi connectivity index (χ3v) is 18.9. The molecule has 0 unspecified atom stereocenters. The number of aryl methyl sites for hydroxylation is 5. The van der Waals surface area contributed by atoms with Gasteiger partial charge in [0.25, 0.3) is 10.1 Å². The van der Waals surface area contributed by atoms with Crippen LogP contribution in [0, 0.1) is 34.6 Å². The molecule has 17 nitrogen and oxygen atoms in total. The first-order chi connectivity index (χ1) is 54.9. The number of pyridine rings is 4. The van der Waals surface area contributed by atoms with E-state index in [0.717, 1.165) is 93.2 Å². The first kappa shape index (κ1) is 97.8. The highest BCUT2D eigenvalue weighted by Gasteiger charge is 2.23. The van der Waals surface area contributed by atoms with E-state index in [1.807, 2.05) is 229 Å². The first-order valence-electron chi connectivity index (χ1n) is 36.7. The summed E-state index contributed by atoms with van der Waals surface area (Å²) in [6.07, 6.45) is 17.4. The van der Waals surface area contributed by atoms with Crippen molar-refractivity contribution < 1.29 is 37.3 Å². The quantitative estimate of drug-likeness (QED) is 0.0260. The van der Waals surface area contributed by atoms with Gasteiger partial charge in [-0.15, -0.1) is 58.0 Å². The maximum Gasteiger partial charge on any atom is 0.294 e. The number of nitrogens with two attached hydrogens (primary N) is 4. The van der Waals surface area contributed by atoms with E-state index >= 15 is 0 Å². The van der Waals surface area contributed by atoms with Crippen molar-refractivity contribution in [3.05, 3.63) is 340 Å². The Labute approximate surface area is 701 Å². The van der Waals surface area contributed by atoms with Gasteiger partial charge in [0.15, 0.2) is 0 Å². The predicted molar refractivity (Wildman–Crippen MR) is 477 cm³/mol. The summed E-state index contributed by atoms with van der Waals surface area (Å²) in [5.74, 6) is -0.357. The van der Waals surface area contributed by atoms with Crippen LogP contribution in [0.15, 0.2) is 273 Å². The van der Waals surface area contributed by atoms with Crippen LogP contribution in [0.1, 0.15) is 103 Å². The molecule has 0 aliphatic carbocycles.